The summed E-state index contributed by atoms with van der Waals surface area (Å²) in [6.07, 6.45) is 7.80. The number of carbonyl (C=O) groups excluding carboxylic acids is 1. The number of morpholine rings is 1. The van der Waals surface area contributed by atoms with E-state index < -0.39 is 0 Å². The van der Waals surface area contributed by atoms with Crippen molar-refractivity contribution in [3.63, 3.8) is 0 Å². The van der Waals surface area contributed by atoms with Crippen LogP contribution in [0.4, 0.5) is 0 Å². The van der Waals surface area contributed by atoms with Crippen LogP contribution in [-0.4, -0.2) is 74.8 Å². The molecule has 0 radical (unpaired) electrons. The number of fused-ring (bicyclic) bond motifs is 2. The molecular weight excluding hydrogens is 306 g/mol. The van der Waals surface area contributed by atoms with Crippen LogP contribution in [0.5, 0.6) is 0 Å². The molecule has 0 aliphatic carbocycles. The van der Waals surface area contributed by atoms with Gasteiger partial charge in [0.15, 0.2) is 0 Å². The quantitative estimate of drug-likeness (QED) is 0.842. The third-order valence-electron chi connectivity index (χ3n) is 5.29. The number of imidazole rings is 1. The Kier molecular flexibility index (Phi) is 4.05. The Morgan fingerprint density at radius 3 is 3.04 bits per heavy atom. The Hall–Kier alpha value is -1.86. The van der Waals surface area contributed by atoms with Gasteiger partial charge in [0.05, 0.1) is 25.5 Å². The van der Waals surface area contributed by atoms with Gasteiger partial charge in [-0.3, -0.25) is 9.69 Å². The molecule has 0 unspecified atom stereocenters. The first-order valence-corrected chi connectivity index (χ1v) is 8.80. The Labute approximate surface area is 141 Å². The minimum atomic E-state index is 0.0732. The predicted molar refractivity (Wildman–Crippen MR) is 90.1 cm³/mol. The van der Waals surface area contributed by atoms with E-state index in [0.717, 1.165) is 44.9 Å². The molecule has 7 heteroatoms. The fraction of sp³-hybridized carbons (Fsp3) is 0.647. The highest BCUT2D eigenvalue weighted by Crippen LogP contribution is 2.23. The van der Waals surface area contributed by atoms with Gasteiger partial charge in [-0.15, -0.1) is 0 Å². The SMILES string of the molecule is CCC[C@H]1COC[C@H]2CN(C(=O)c3cnn4ccn(C)c34)CCN12. The highest BCUT2D eigenvalue weighted by molar-refractivity contribution is 5.99. The lowest BCUT2D eigenvalue weighted by Gasteiger charge is -2.48. The molecule has 2 atom stereocenters. The molecule has 4 heterocycles. The van der Waals surface area contributed by atoms with Crippen molar-refractivity contribution < 1.29 is 9.53 Å². The molecule has 0 N–H and O–H groups in total. The molecule has 0 saturated carbocycles. The summed E-state index contributed by atoms with van der Waals surface area (Å²) in [5.74, 6) is 0.0732. The van der Waals surface area contributed by atoms with Crippen LogP contribution in [0.3, 0.4) is 0 Å². The first kappa shape index (κ1) is 15.7. The average molecular weight is 331 g/mol. The molecule has 2 aromatic heterocycles. The lowest BCUT2D eigenvalue weighted by atomic mass is 10.0. The van der Waals surface area contributed by atoms with Gasteiger partial charge < -0.3 is 14.2 Å². The van der Waals surface area contributed by atoms with Crippen molar-refractivity contribution in [2.45, 2.75) is 31.8 Å². The van der Waals surface area contributed by atoms with E-state index in [-0.39, 0.29) is 5.91 Å². The van der Waals surface area contributed by atoms with Crippen LogP contribution in [0, 0.1) is 0 Å². The molecule has 7 nitrogen and oxygen atoms in total. The van der Waals surface area contributed by atoms with Crippen LogP contribution >= 0.6 is 0 Å². The van der Waals surface area contributed by atoms with Crippen molar-refractivity contribution in [3.05, 3.63) is 24.2 Å². The summed E-state index contributed by atoms with van der Waals surface area (Å²) < 4.78 is 9.50. The molecule has 0 spiro atoms. The number of aryl methyl sites for hydroxylation is 1. The van der Waals surface area contributed by atoms with E-state index in [2.05, 4.69) is 16.9 Å². The van der Waals surface area contributed by atoms with E-state index >= 15 is 0 Å². The topological polar surface area (TPSA) is 55.0 Å². The number of hydrogen-bond donors (Lipinski definition) is 0. The fourth-order valence-corrected chi connectivity index (χ4v) is 4.07. The van der Waals surface area contributed by atoms with Crippen LogP contribution in [0.1, 0.15) is 30.1 Å². The van der Waals surface area contributed by atoms with Gasteiger partial charge in [0.25, 0.3) is 5.91 Å². The van der Waals surface area contributed by atoms with Gasteiger partial charge in [-0.1, -0.05) is 13.3 Å². The number of carbonyl (C=O) groups is 1. The molecule has 24 heavy (non-hydrogen) atoms. The smallest absolute Gasteiger partial charge is 0.259 e. The Morgan fingerprint density at radius 1 is 1.33 bits per heavy atom. The van der Waals surface area contributed by atoms with Crippen molar-refractivity contribution in [2.24, 2.45) is 7.05 Å². The summed E-state index contributed by atoms with van der Waals surface area (Å²) in [7, 11) is 1.94. The van der Waals surface area contributed by atoms with Crippen LogP contribution < -0.4 is 0 Å². The van der Waals surface area contributed by atoms with Crippen molar-refractivity contribution in [1.29, 1.82) is 0 Å². The lowest BCUT2D eigenvalue weighted by molar-refractivity contribution is -0.0776. The van der Waals surface area contributed by atoms with Gasteiger partial charge in [0.2, 0.25) is 0 Å². The molecule has 2 aliphatic heterocycles. The molecular formula is C17H25N5O2. The predicted octanol–water partition coefficient (Wildman–Crippen LogP) is 0.998. The summed E-state index contributed by atoms with van der Waals surface area (Å²) in [6, 6.07) is 0.814. The lowest BCUT2D eigenvalue weighted by Crippen LogP contribution is -2.62. The number of hydrogen-bond acceptors (Lipinski definition) is 4. The van der Waals surface area contributed by atoms with Crippen molar-refractivity contribution in [1.82, 2.24) is 24.0 Å². The second-order valence-corrected chi connectivity index (χ2v) is 6.86. The van der Waals surface area contributed by atoms with E-state index in [9.17, 15) is 4.79 Å². The zero-order valence-electron chi connectivity index (χ0n) is 14.4. The summed E-state index contributed by atoms with van der Waals surface area (Å²) in [5, 5.41) is 4.29. The summed E-state index contributed by atoms with van der Waals surface area (Å²) in [4.78, 5) is 17.5. The van der Waals surface area contributed by atoms with Gasteiger partial charge in [-0.25, -0.2) is 4.52 Å². The molecule has 1 amide bonds. The maximum Gasteiger partial charge on any atom is 0.259 e. The second kappa shape index (κ2) is 6.22. The molecule has 2 aliphatic rings. The minimum Gasteiger partial charge on any atom is -0.378 e. The highest BCUT2D eigenvalue weighted by Gasteiger charge is 2.37. The number of amides is 1. The number of piperazine rings is 1. The minimum absolute atomic E-state index is 0.0732. The molecule has 2 fully saturated rings. The molecule has 2 saturated heterocycles. The molecule has 0 bridgehead atoms. The monoisotopic (exact) mass is 331 g/mol. The van der Waals surface area contributed by atoms with Crippen molar-refractivity contribution in [2.75, 3.05) is 32.8 Å². The summed E-state index contributed by atoms with van der Waals surface area (Å²) >= 11 is 0. The Bertz CT molecular complexity index is 734. The number of aromatic nitrogens is 3. The second-order valence-electron chi connectivity index (χ2n) is 6.86. The van der Waals surface area contributed by atoms with Crippen LogP contribution in [0.2, 0.25) is 0 Å². The standard InChI is InChI=1S/C17H25N5O2/c1-3-4-13-11-24-12-14-10-20(6-7-21(13)14)17(23)15-9-18-22-8-5-19(2)16(15)22/h5,8-9,13-14H,3-4,6-7,10-12H2,1-2H3/t13-,14+/m0/s1. The third-order valence-corrected chi connectivity index (χ3v) is 5.29. The van der Waals surface area contributed by atoms with E-state index in [4.69, 9.17) is 4.74 Å². The Balaban J connectivity index is 1.52. The first-order valence-electron chi connectivity index (χ1n) is 8.80. The largest absolute Gasteiger partial charge is 0.378 e. The first-order chi connectivity index (χ1) is 11.7. The van der Waals surface area contributed by atoms with E-state index in [1.165, 1.54) is 6.42 Å². The Morgan fingerprint density at radius 2 is 2.21 bits per heavy atom. The van der Waals surface area contributed by atoms with Gasteiger partial charge >= 0.3 is 0 Å². The van der Waals surface area contributed by atoms with Gasteiger partial charge in [0.1, 0.15) is 11.2 Å². The molecule has 130 valence electrons. The molecule has 2 aromatic rings. The van der Waals surface area contributed by atoms with Gasteiger partial charge in [0, 0.05) is 45.1 Å². The van der Waals surface area contributed by atoms with Gasteiger partial charge in [-0.2, -0.15) is 5.10 Å². The summed E-state index contributed by atoms with van der Waals surface area (Å²) in [5.41, 5.74) is 1.53. The van der Waals surface area contributed by atoms with Crippen LogP contribution in [0.25, 0.3) is 5.65 Å². The van der Waals surface area contributed by atoms with Gasteiger partial charge in [-0.05, 0) is 6.42 Å². The average Bonchev–Trinajstić information content (AvgIpc) is 3.18. The van der Waals surface area contributed by atoms with E-state index in [0.29, 0.717) is 17.6 Å². The molecule has 4 rings (SSSR count). The third kappa shape index (κ3) is 2.52. The van der Waals surface area contributed by atoms with E-state index in [1.54, 1.807) is 10.7 Å². The normalized spacial score (nSPS) is 25.2. The zero-order chi connectivity index (χ0) is 16.7. The zero-order valence-corrected chi connectivity index (χ0v) is 14.4. The summed E-state index contributed by atoms with van der Waals surface area (Å²) in [6.45, 7) is 6.21. The fourth-order valence-electron chi connectivity index (χ4n) is 4.07. The molecule has 0 aromatic carbocycles. The van der Waals surface area contributed by atoms with E-state index in [1.807, 2.05) is 28.9 Å². The van der Waals surface area contributed by atoms with Crippen LogP contribution in [-0.2, 0) is 11.8 Å². The maximum absolute atomic E-state index is 13.0. The number of ether oxygens (including phenoxy) is 1. The van der Waals surface area contributed by atoms with Crippen LogP contribution in [0.15, 0.2) is 18.6 Å². The maximum atomic E-state index is 13.0. The number of nitrogens with zero attached hydrogens (tertiary/aromatic N) is 5. The number of rotatable bonds is 3. The van der Waals surface area contributed by atoms with Crippen molar-refractivity contribution >= 4 is 11.6 Å². The van der Waals surface area contributed by atoms with Crippen molar-refractivity contribution in [3.8, 4) is 0 Å². The highest BCUT2D eigenvalue weighted by atomic mass is 16.5.